The molecule has 1 atom stereocenters. The third-order valence-electron chi connectivity index (χ3n) is 6.05. The molecule has 0 aromatic heterocycles. The van der Waals surface area contributed by atoms with Crippen LogP contribution >= 0.6 is 11.8 Å². The van der Waals surface area contributed by atoms with E-state index >= 15 is 0 Å². The van der Waals surface area contributed by atoms with Crippen LogP contribution in [0, 0.1) is 5.92 Å². The summed E-state index contributed by atoms with van der Waals surface area (Å²) in [5.74, 6) is 1.24. The number of rotatable bonds is 9. The van der Waals surface area contributed by atoms with Crippen LogP contribution in [0.5, 0.6) is 0 Å². The van der Waals surface area contributed by atoms with Gasteiger partial charge in [0.1, 0.15) is 0 Å². The van der Waals surface area contributed by atoms with Gasteiger partial charge in [-0.25, -0.2) is 4.79 Å². The standard InChI is InChI=1S/C22H38N4O3S/c1-17(2)11-12-19(27)20-26(21(28)23-18-9-4-3-5-10-18)24-22(29-20)30-16-8-15-25-13-6-7-14-25/h17-18,20H,3-16H2,1-2H3,(H,23,28). The second-order valence-corrected chi connectivity index (χ2v) is 10.2. The second-order valence-electron chi connectivity index (χ2n) is 9.11. The van der Waals surface area contributed by atoms with E-state index in [9.17, 15) is 9.59 Å². The third kappa shape index (κ3) is 7.15. The number of nitrogens with zero attached hydrogens (tertiary/aromatic N) is 3. The van der Waals surface area contributed by atoms with Crippen LogP contribution in [-0.4, -0.2) is 64.6 Å². The van der Waals surface area contributed by atoms with Crippen LogP contribution < -0.4 is 5.32 Å². The highest BCUT2D eigenvalue weighted by atomic mass is 32.2. The number of nitrogens with one attached hydrogen (secondary N) is 1. The minimum atomic E-state index is -0.923. The largest absolute Gasteiger partial charge is 0.438 e. The lowest BCUT2D eigenvalue weighted by atomic mass is 9.96. The van der Waals surface area contributed by atoms with Gasteiger partial charge in [-0.15, -0.1) is 5.10 Å². The van der Waals surface area contributed by atoms with Gasteiger partial charge in [-0.3, -0.25) is 4.79 Å². The quantitative estimate of drug-likeness (QED) is 0.547. The van der Waals surface area contributed by atoms with Gasteiger partial charge in [-0.2, -0.15) is 5.01 Å². The molecular weight excluding hydrogens is 400 g/mol. The smallest absolute Gasteiger partial charge is 0.341 e. The maximum Gasteiger partial charge on any atom is 0.341 e. The van der Waals surface area contributed by atoms with E-state index in [4.69, 9.17) is 4.74 Å². The number of hydrogen-bond acceptors (Lipinski definition) is 6. The normalized spacial score (nSPS) is 23.0. The Morgan fingerprint density at radius 3 is 2.60 bits per heavy atom. The van der Waals surface area contributed by atoms with Crippen molar-refractivity contribution in [1.29, 1.82) is 0 Å². The third-order valence-corrected chi connectivity index (χ3v) is 6.97. The summed E-state index contributed by atoms with van der Waals surface area (Å²) >= 11 is 1.51. The predicted octanol–water partition coefficient (Wildman–Crippen LogP) is 4.18. The fourth-order valence-electron chi connectivity index (χ4n) is 4.22. The van der Waals surface area contributed by atoms with Gasteiger partial charge in [0, 0.05) is 18.2 Å². The molecule has 0 bridgehead atoms. The predicted molar refractivity (Wildman–Crippen MR) is 121 cm³/mol. The summed E-state index contributed by atoms with van der Waals surface area (Å²) in [7, 11) is 0. The molecule has 3 rings (SSSR count). The zero-order valence-electron chi connectivity index (χ0n) is 18.6. The van der Waals surface area contributed by atoms with Crippen molar-refractivity contribution in [3.05, 3.63) is 0 Å². The zero-order valence-corrected chi connectivity index (χ0v) is 19.4. The number of carbonyl (C=O) groups excluding carboxylic acids is 2. The Bertz CT molecular complexity index is 601. The Hall–Kier alpha value is -1.28. The van der Waals surface area contributed by atoms with Crippen molar-refractivity contribution >= 4 is 28.8 Å². The molecule has 1 aliphatic carbocycles. The number of amides is 2. The van der Waals surface area contributed by atoms with E-state index in [1.165, 1.54) is 49.1 Å². The van der Waals surface area contributed by atoms with Gasteiger partial charge >= 0.3 is 6.03 Å². The summed E-state index contributed by atoms with van der Waals surface area (Å²) in [6, 6.07) is -0.137. The molecule has 1 N–H and O–H groups in total. The summed E-state index contributed by atoms with van der Waals surface area (Å²) in [5.41, 5.74) is 0. The van der Waals surface area contributed by atoms with Gasteiger partial charge in [0.15, 0.2) is 5.78 Å². The van der Waals surface area contributed by atoms with Gasteiger partial charge in [-0.05, 0) is 64.1 Å². The Morgan fingerprint density at radius 2 is 1.90 bits per heavy atom. The van der Waals surface area contributed by atoms with Crippen LogP contribution in [0.15, 0.2) is 5.10 Å². The van der Waals surface area contributed by atoms with Crippen molar-refractivity contribution < 1.29 is 14.3 Å². The van der Waals surface area contributed by atoms with E-state index in [2.05, 4.69) is 29.2 Å². The number of ether oxygens (including phenoxy) is 1. The highest BCUT2D eigenvalue weighted by Gasteiger charge is 2.38. The highest BCUT2D eigenvalue weighted by Crippen LogP contribution is 2.24. The monoisotopic (exact) mass is 438 g/mol. The number of hydrazone groups is 1. The minimum absolute atomic E-state index is 0.0705. The molecule has 30 heavy (non-hydrogen) atoms. The highest BCUT2D eigenvalue weighted by molar-refractivity contribution is 8.13. The first-order valence-electron chi connectivity index (χ1n) is 11.8. The van der Waals surface area contributed by atoms with Crippen molar-refractivity contribution in [3.63, 3.8) is 0 Å². The molecule has 2 fully saturated rings. The first-order valence-corrected chi connectivity index (χ1v) is 12.7. The molecule has 0 spiro atoms. The van der Waals surface area contributed by atoms with Gasteiger partial charge in [0.25, 0.3) is 11.5 Å². The first-order chi connectivity index (χ1) is 14.5. The Balaban J connectivity index is 1.53. The number of carbonyl (C=O) groups is 2. The molecule has 7 nitrogen and oxygen atoms in total. The van der Waals surface area contributed by atoms with E-state index < -0.39 is 6.23 Å². The van der Waals surface area contributed by atoms with Crippen LogP contribution in [-0.2, 0) is 9.53 Å². The molecule has 8 heteroatoms. The molecule has 2 heterocycles. The number of Topliss-reactive ketones (excluding diaryl/α,β-unsaturated/α-hetero) is 1. The van der Waals surface area contributed by atoms with Crippen LogP contribution in [0.25, 0.3) is 0 Å². The van der Waals surface area contributed by atoms with Crippen molar-refractivity contribution in [2.75, 3.05) is 25.4 Å². The molecule has 2 amide bonds. The number of likely N-dealkylation sites (tertiary alicyclic amines) is 1. The number of urea groups is 1. The average Bonchev–Trinajstić information content (AvgIpc) is 3.40. The molecule has 3 aliphatic rings. The van der Waals surface area contributed by atoms with Crippen LogP contribution in [0.1, 0.15) is 78.1 Å². The summed E-state index contributed by atoms with van der Waals surface area (Å²) in [4.78, 5) is 28.1. The number of thioether (sulfide) groups is 1. The Kier molecular flexibility index (Phi) is 9.30. The van der Waals surface area contributed by atoms with Gasteiger partial charge in [-0.1, -0.05) is 44.9 Å². The van der Waals surface area contributed by atoms with E-state index in [1.807, 2.05) is 0 Å². The maximum absolute atomic E-state index is 12.9. The molecule has 1 saturated heterocycles. The van der Waals surface area contributed by atoms with Crippen LogP contribution in [0.4, 0.5) is 4.79 Å². The Morgan fingerprint density at radius 1 is 1.17 bits per heavy atom. The van der Waals surface area contributed by atoms with E-state index in [0.29, 0.717) is 17.6 Å². The lowest BCUT2D eigenvalue weighted by molar-refractivity contribution is -0.131. The van der Waals surface area contributed by atoms with Gasteiger partial charge in [0.05, 0.1) is 0 Å². The molecule has 1 unspecified atom stereocenters. The maximum atomic E-state index is 12.9. The molecule has 1 saturated carbocycles. The van der Waals surface area contributed by atoms with E-state index in [-0.39, 0.29) is 17.9 Å². The summed E-state index contributed by atoms with van der Waals surface area (Å²) < 4.78 is 5.87. The Labute approximate surface area is 185 Å². The molecule has 0 radical (unpaired) electrons. The fourth-order valence-corrected chi connectivity index (χ4v) is 4.98. The summed E-state index contributed by atoms with van der Waals surface area (Å²) in [6.07, 6.45) is 9.41. The van der Waals surface area contributed by atoms with Crippen molar-refractivity contribution in [1.82, 2.24) is 15.2 Å². The SMILES string of the molecule is CC(C)CCC(=O)C1OC(SCCCN2CCCC2)=NN1C(=O)NC1CCCCC1. The topological polar surface area (TPSA) is 74.2 Å². The molecule has 170 valence electrons. The second kappa shape index (κ2) is 11.9. The molecule has 0 aromatic carbocycles. The van der Waals surface area contributed by atoms with Gasteiger partial charge in [0.2, 0.25) is 0 Å². The molecular formula is C22H38N4O3S. The van der Waals surface area contributed by atoms with Gasteiger partial charge < -0.3 is 15.0 Å². The lowest BCUT2D eigenvalue weighted by Gasteiger charge is -2.26. The number of hydrogen-bond donors (Lipinski definition) is 1. The molecule has 0 aromatic rings. The number of ketones is 1. The fraction of sp³-hybridized carbons (Fsp3) is 0.864. The van der Waals surface area contributed by atoms with E-state index in [0.717, 1.165) is 50.8 Å². The average molecular weight is 439 g/mol. The van der Waals surface area contributed by atoms with Crippen LogP contribution in [0.2, 0.25) is 0 Å². The van der Waals surface area contributed by atoms with Crippen molar-refractivity contribution in [2.24, 2.45) is 11.0 Å². The van der Waals surface area contributed by atoms with Crippen molar-refractivity contribution in [3.8, 4) is 0 Å². The summed E-state index contributed by atoms with van der Waals surface area (Å²) in [5, 5.41) is 9.16. The van der Waals surface area contributed by atoms with Crippen LogP contribution in [0.3, 0.4) is 0 Å². The van der Waals surface area contributed by atoms with Crippen molar-refractivity contribution in [2.45, 2.75) is 90.3 Å². The van der Waals surface area contributed by atoms with E-state index in [1.54, 1.807) is 0 Å². The minimum Gasteiger partial charge on any atom is -0.438 e. The lowest BCUT2D eigenvalue weighted by Crippen LogP contribution is -2.48. The first kappa shape index (κ1) is 23.4. The summed E-state index contributed by atoms with van der Waals surface area (Å²) in [6.45, 7) is 7.67. The zero-order chi connectivity index (χ0) is 21.3. The molecule has 2 aliphatic heterocycles.